The lowest BCUT2D eigenvalue weighted by Gasteiger charge is -2.25. The third kappa shape index (κ3) is 3.44. The summed E-state index contributed by atoms with van der Waals surface area (Å²) in [5.74, 6) is 6.46. The van der Waals surface area contributed by atoms with Crippen molar-refractivity contribution in [2.45, 2.75) is 19.4 Å². The summed E-state index contributed by atoms with van der Waals surface area (Å²) in [4.78, 5) is 13.5. The topological polar surface area (TPSA) is 67.6 Å². The van der Waals surface area contributed by atoms with Crippen LogP contribution in [-0.4, -0.2) is 44.2 Å². The van der Waals surface area contributed by atoms with E-state index in [4.69, 9.17) is 10.6 Å². The maximum atomic E-state index is 11.5. The summed E-state index contributed by atoms with van der Waals surface area (Å²) in [7, 11) is 3.52. The molecule has 0 spiro atoms. The summed E-state index contributed by atoms with van der Waals surface area (Å²) in [5, 5.41) is 0. The molecule has 1 aliphatic carbocycles. The van der Waals surface area contributed by atoms with Gasteiger partial charge < -0.3 is 4.74 Å². The average molecular weight is 215 g/mol. The number of amides is 1. The summed E-state index contributed by atoms with van der Waals surface area (Å²) in [6, 6.07) is -0.284. The molecular formula is C10H21N3O2. The molecule has 0 saturated heterocycles. The molecule has 0 aromatic heterocycles. The first kappa shape index (κ1) is 12.4. The number of methoxy groups -OCH3 is 1. The van der Waals surface area contributed by atoms with E-state index in [2.05, 4.69) is 12.3 Å². The fourth-order valence-electron chi connectivity index (χ4n) is 1.81. The van der Waals surface area contributed by atoms with Gasteiger partial charge >= 0.3 is 0 Å². The summed E-state index contributed by atoms with van der Waals surface area (Å²) < 4.78 is 5.02. The quantitative estimate of drug-likeness (QED) is 0.359. The number of carbonyl (C=O) groups is 1. The monoisotopic (exact) mass is 215 g/mol. The first-order chi connectivity index (χ1) is 7.10. The molecule has 15 heavy (non-hydrogen) atoms. The second-order valence-corrected chi connectivity index (χ2v) is 4.39. The number of nitrogens with zero attached hydrogens (tertiary/aromatic N) is 1. The fraction of sp³-hybridized carbons (Fsp3) is 0.900. The second-order valence-electron chi connectivity index (χ2n) is 4.39. The van der Waals surface area contributed by atoms with E-state index in [1.165, 1.54) is 6.42 Å². The zero-order valence-corrected chi connectivity index (χ0v) is 9.69. The van der Waals surface area contributed by atoms with Gasteiger partial charge in [0.1, 0.15) is 6.04 Å². The molecule has 0 aromatic carbocycles. The van der Waals surface area contributed by atoms with Crippen LogP contribution in [0.1, 0.15) is 13.3 Å². The van der Waals surface area contributed by atoms with Crippen LogP contribution in [0.25, 0.3) is 0 Å². The molecule has 1 saturated carbocycles. The van der Waals surface area contributed by atoms with Gasteiger partial charge in [-0.15, -0.1) is 0 Å². The summed E-state index contributed by atoms with van der Waals surface area (Å²) >= 11 is 0. The Morgan fingerprint density at radius 2 is 2.33 bits per heavy atom. The van der Waals surface area contributed by atoms with Crippen molar-refractivity contribution in [2.24, 2.45) is 17.7 Å². The molecule has 3 unspecified atom stereocenters. The van der Waals surface area contributed by atoms with Gasteiger partial charge in [0, 0.05) is 13.7 Å². The third-order valence-corrected chi connectivity index (χ3v) is 3.10. The molecule has 1 fully saturated rings. The Hall–Kier alpha value is -0.650. The van der Waals surface area contributed by atoms with Gasteiger partial charge in [0.25, 0.3) is 5.91 Å². The number of rotatable bonds is 6. The fourth-order valence-corrected chi connectivity index (χ4v) is 1.81. The number of carbonyl (C=O) groups excluding carboxylic acids is 1. The molecule has 3 N–H and O–H groups in total. The Morgan fingerprint density at radius 3 is 2.73 bits per heavy atom. The Bertz CT molecular complexity index is 223. The van der Waals surface area contributed by atoms with Crippen LogP contribution in [0.2, 0.25) is 0 Å². The molecule has 1 amide bonds. The first-order valence-electron chi connectivity index (χ1n) is 5.29. The van der Waals surface area contributed by atoms with E-state index in [1.54, 1.807) is 7.11 Å². The van der Waals surface area contributed by atoms with E-state index >= 15 is 0 Å². The van der Waals surface area contributed by atoms with Crippen molar-refractivity contribution in [1.82, 2.24) is 10.3 Å². The second kappa shape index (κ2) is 5.44. The molecular weight excluding hydrogens is 194 g/mol. The van der Waals surface area contributed by atoms with E-state index in [9.17, 15) is 4.79 Å². The van der Waals surface area contributed by atoms with Gasteiger partial charge in [-0.25, -0.2) is 5.84 Å². The third-order valence-electron chi connectivity index (χ3n) is 3.10. The number of hydrazine groups is 1. The molecule has 0 aromatic rings. The smallest absolute Gasteiger partial charge is 0.253 e. The van der Waals surface area contributed by atoms with Crippen molar-refractivity contribution in [3.8, 4) is 0 Å². The minimum atomic E-state index is -0.284. The highest BCUT2D eigenvalue weighted by molar-refractivity contribution is 5.81. The highest BCUT2D eigenvalue weighted by Crippen LogP contribution is 2.38. The van der Waals surface area contributed by atoms with Crippen LogP contribution in [0, 0.1) is 11.8 Å². The molecule has 0 bridgehead atoms. The lowest BCUT2D eigenvalue weighted by molar-refractivity contribution is -0.128. The Kier molecular flexibility index (Phi) is 4.50. The summed E-state index contributed by atoms with van der Waals surface area (Å²) in [6.45, 7) is 3.54. The van der Waals surface area contributed by atoms with Crippen molar-refractivity contribution >= 4 is 5.91 Å². The lowest BCUT2D eigenvalue weighted by atomic mass is 10.2. The largest absolute Gasteiger partial charge is 0.383 e. The van der Waals surface area contributed by atoms with Crippen molar-refractivity contribution < 1.29 is 9.53 Å². The number of nitrogens with one attached hydrogen (secondary N) is 1. The van der Waals surface area contributed by atoms with Crippen LogP contribution in [0.3, 0.4) is 0 Å². The predicted molar refractivity (Wildman–Crippen MR) is 57.9 cm³/mol. The van der Waals surface area contributed by atoms with Crippen LogP contribution in [-0.2, 0) is 9.53 Å². The highest BCUT2D eigenvalue weighted by Gasteiger charge is 2.35. The zero-order valence-electron chi connectivity index (χ0n) is 9.69. The van der Waals surface area contributed by atoms with Crippen LogP contribution in [0.4, 0.5) is 0 Å². The minimum Gasteiger partial charge on any atom is -0.383 e. The van der Waals surface area contributed by atoms with Crippen LogP contribution in [0.15, 0.2) is 0 Å². The first-order valence-corrected chi connectivity index (χ1v) is 5.29. The molecule has 0 radical (unpaired) electrons. The molecule has 88 valence electrons. The van der Waals surface area contributed by atoms with E-state index in [-0.39, 0.29) is 11.9 Å². The molecule has 3 atom stereocenters. The minimum absolute atomic E-state index is 0.187. The highest BCUT2D eigenvalue weighted by atomic mass is 16.5. The van der Waals surface area contributed by atoms with Gasteiger partial charge in [-0.2, -0.15) is 0 Å². The molecule has 5 nitrogen and oxygen atoms in total. The molecule has 0 aliphatic heterocycles. The summed E-state index contributed by atoms with van der Waals surface area (Å²) in [6.07, 6.45) is 1.26. The van der Waals surface area contributed by atoms with Crippen LogP contribution in [0.5, 0.6) is 0 Å². The SMILES string of the molecule is COCC(C(=O)NN)N(C)CC1CC1C. The number of likely N-dealkylation sites (N-methyl/N-ethyl adjacent to an activating group) is 1. The molecule has 5 heteroatoms. The standard InChI is InChI=1S/C10H21N3O2/c1-7-4-8(7)5-13(2)9(6-15-3)10(14)12-11/h7-9H,4-6,11H2,1-3H3,(H,12,14). The van der Waals surface area contributed by atoms with Crippen molar-refractivity contribution in [1.29, 1.82) is 0 Å². The number of hydrogen-bond acceptors (Lipinski definition) is 4. The van der Waals surface area contributed by atoms with Gasteiger partial charge in [-0.1, -0.05) is 6.92 Å². The van der Waals surface area contributed by atoms with Gasteiger partial charge in [-0.05, 0) is 25.3 Å². The van der Waals surface area contributed by atoms with Crippen molar-refractivity contribution in [3.05, 3.63) is 0 Å². The molecule has 1 aliphatic rings. The summed E-state index contributed by atoms with van der Waals surface area (Å²) in [5.41, 5.74) is 2.18. The predicted octanol–water partition coefficient (Wildman–Crippen LogP) is -0.421. The number of hydrogen-bond donors (Lipinski definition) is 2. The van der Waals surface area contributed by atoms with Crippen molar-refractivity contribution in [3.63, 3.8) is 0 Å². The van der Waals surface area contributed by atoms with Crippen LogP contribution >= 0.6 is 0 Å². The van der Waals surface area contributed by atoms with Gasteiger partial charge in [0.05, 0.1) is 6.61 Å². The number of ether oxygens (including phenoxy) is 1. The van der Waals surface area contributed by atoms with Gasteiger partial charge in [-0.3, -0.25) is 15.1 Å². The Morgan fingerprint density at radius 1 is 1.73 bits per heavy atom. The van der Waals surface area contributed by atoms with Crippen molar-refractivity contribution in [2.75, 3.05) is 27.3 Å². The maximum Gasteiger partial charge on any atom is 0.253 e. The van der Waals surface area contributed by atoms with E-state index in [1.807, 2.05) is 11.9 Å². The van der Waals surface area contributed by atoms with Gasteiger partial charge in [0.2, 0.25) is 0 Å². The molecule has 1 rings (SSSR count). The lowest BCUT2D eigenvalue weighted by Crippen LogP contribution is -2.50. The Balaban J connectivity index is 2.42. The molecule has 0 heterocycles. The maximum absolute atomic E-state index is 11.5. The van der Waals surface area contributed by atoms with Crippen LogP contribution < -0.4 is 11.3 Å². The number of nitrogens with two attached hydrogens (primary N) is 1. The normalized spacial score (nSPS) is 26.5. The van der Waals surface area contributed by atoms with E-state index in [0.717, 1.165) is 18.4 Å². The van der Waals surface area contributed by atoms with Gasteiger partial charge in [0.15, 0.2) is 0 Å². The average Bonchev–Trinajstić information content (AvgIpc) is 2.89. The van der Waals surface area contributed by atoms with E-state index in [0.29, 0.717) is 6.61 Å². The zero-order chi connectivity index (χ0) is 11.4. The Labute approximate surface area is 90.9 Å². The van der Waals surface area contributed by atoms with E-state index < -0.39 is 0 Å².